The highest BCUT2D eigenvalue weighted by Crippen LogP contribution is 2.40. The number of benzene rings is 2. The monoisotopic (exact) mass is 1120 g/mol. The Hall–Kier alpha value is -7.36. The first-order valence-electron chi connectivity index (χ1n) is 27.1. The number of aryl methyl sites for hydroxylation is 2. The van der Waals surface area contributed by atoms with Gasteiger partial charge in [0.1, 0.15) is 51.3 Å². The van der Waals surface area contributed by atoms with Gasteiger partial charge in [-0.15, -0.1) is 0 Å². The molecule has 0 bridgehead atoms. The van der Waals surface area contributed by atoms with Gasteiger partial charge in [0.2, 0.25) is 11.2 Å². The van der Waals surface area contributed by atoms with Crippen LogP contribution in [0.25, 0.3) is 44.6 Å². The van der Waals surface area contributed by atoms with Crippen molar-refractivity contribution in [1.82, 2.24) is 63.7 Å². The number of rotatable bonds is 8. The number of nitrogen functional groups attached to an aromatic ring is 1. The molecule has 0 unspecified atom stereocenters. The number of hydrogen-bond donors (Lipinski definition) is 2. The third kappa shape index (κ3) is 12.5. The Balaban J connectivity index is 0.000000142. The summed E-state index contributed by atoms with van der Waals surface area (Å²) in [6, 6.07) is 13.7. The molecule has 1 amide bonds. The number of fused-ring (bicyclic) bond motifs is 6. The average molecular weight is 1120 g/mol. The predicted octanol–water partition coefficient (Wildman–Crippen LogP) is 11.4. The van der Waals surface area contributed by atoms with E-state index >= 15 is 4.39 Å². The Bertz CT molecular complexity index is 3550. The number of ether oxygens (including phenoxy) is 1. The number of carbonyl (C=O) groups excluding carboxylic acids is 1. The number of piperazine rings is 1. The highest BCUT2D eigenvalue weighted by atomic mass is 35.5. The molecule has 0 saturated carbocycles. The Morgan fingerprint density at radius 3 is 1.69 bits per heavy atom. The summed E-state index contributed by atoms with van der Waals surface area (Å²) in [7, 11) is 0. The van der Waals surface area contributed by atoms with Crippen LogP contribution in [0.4, 0.5) is 39.9 Å². The van der Waals surface area contributed by atoms with E-state index in [2.05, 4.69) is 87.3 Å². The average Bonchev–Trinajstić information content (AvgIpc) is 4.39. The maximum atomic E-state index is 15.1. The SMILES string of the molecule is CC(C)(C)OC(=O)N1CCN(Cc2ccc(N)nc2)CC1.CC1(C)CCc2nc3c(F)cc(-c4nc(Cl)ncc4F)cc3n21.CC1(C)CCc2nc3c(F)cc(-c4nc(Nc5ccc(CN6CCCCC6)cn5)ncc4F)cc3n21. The molecule has 8 aromatic rings. The zero-order valence-electron chi connectivity index (χ0n) is 46.1. The van der Waals surface area contributed by atoms with E-state index in [-0.39, 0.29) is 39.8 Å². The molecule has 0 radical (unpaired) electrons. The molecule has 22 heteroatoms. The fourth-order valence-corrected chi connectivity index (χ4v) is 11.0. The number of amides is 1. The molecule has 2 aromatic carbocycles. The lowest BCUT2D eigenvalue weighted by molar-refractivity contribution is 0.0139. The van der Waals surface area contributed by atoms with Gasteiger partial charge in [0.25, 0.3) is 0 Å². The molecular weight excluding hydrogens is 1050 g/mol. The number of halogens is 5. The summed E-state index contributed by atoms with van der Waals surface area (Å²) in [6.45, 7) is 21.0. The second-order valence-corrected chi connectivity index (χ2v) is 23.4. The molecule has 4 aliphatic heterocycles. The lowest BCUT2D eigenvalue weighted by atomic mass is 10.0. The summed E-state index contributed by atoms with van der Waals surface area (Å²) in [5, 5.41) is 2.97. The van der Waals surface area contributed by atoms with Crippen LogP contribution in [0, 0.1) is 23.3 Å². The van der Waals surface area contributed by atoms with Gasteiger partial charge in [0.05, 0.1) is 23.4 Å². The summed E-state index contributed by atoms with van der Waals surface area (Å²) in [5.41, 5.74) is 9.67. The number of carbonyl (C=O) groups is 1. The van der Waals surface area contributed by atoms with Crippen molar-refractivity contribution in [1.29, 1.82) is 0 Å². The number of likely N-dealkylation sites (tertiary alicyclic amines) is 1. The normalized spacial score (nSPS) is 16.9. The largest absolute Gasteiger partial charge is 0.444 e. The molecule has 2 saturated heterocycles. The lowest BCUT2D eigenvalue weighted by Gasteiger charge is -2.35. The molecule has 4 aliphatic rings. The number of hydrogen-bond acceptors (Lipinski definition) is 14. The molecule has 12 rings (SSSR count). The second-order valence-electron chi connectivity index (χ2n) is 23.1. The molecule has 0 atom stereocenters. The van der Waals surface area contributed by atoms with Crippen molar-refractivity contribution in [2.75, 3.05) is 50.3 Å². The Labute approximate surface area is 467 Å². The highest BCUT2D eigenvalue weighted by molar-refractivity contribution is 6.28. The minimum atomic E-state index is -0.645. The van der Waals surface area contributed by atoms with Crippen LogP contribution in [-0.2, 0) is 41.7 Å². The summed E-state index contributed by atoms with van der Waals surface area (Å²) in [5.74, 6) is 0.747. The van der Waals surface area contributed by atoms with Gasteiger partial charge in [0.15, 0.2) is 23.3 Å². The maximum Gasteiger partial charge on any atom is 0.410 e. The fourth-order valence-electron chi connectivity index (χ4n) is 10.8. The summed E-state index contributed by atoms with van der Waals surface area (Å²) in [4.78, 5) is 51.9. The molecule has 10 heterocycles. The molecule has 420 valence electrons. The number of pyridine rings is 2. The van der Waals surface area contributed by atoms with Gasteiger partial charge >= 0.3 is 6.09 Å². The van der Waals surface area contributed by atoms with Crippen molar-refractivity contribution in [3.8, 4) is 22.5 Å². The van der Waals surface area contributed by atoms with E-state index in [0.717, 1.165) is 100 Å². The van der Waals surface area contributed by atoms with Crippen LogP contribution in [0.2, 0.25) is 5.28 Å². The Kier molecular flexibility index (Phi) is 15.8. The molecule has 3 N–H and O–H groups in total. The number of nitrogens with zero attached hydrogens (tertiary/aromatic N) is 13. The molecule has 0 spiro atoms. The summed E-state index contributed by atoms with van der Waals surface area (Å²) < 4.78 is 67.9. The number of nitrogens with one attached hydrogen (secondary N) is 1. The number of nitrogens with two attached hydrogens (primary N) is 1. The summed E-state index contributed by atoms with van der Waals surface area (Å²) >= 11 is 5.74. The topological polar surface area (TPSA) is 187 Å². The number of piperidine rings is 1. The smallest absolute Gasteiger partial charge is 0.410 e. The van der Waals surface area contributed by atoms with Gasteiger partial charge < -0.3 is 29.8 Å². The fraction of sp³-hybridized carbons (Fsp3) is 0.431. The van der Waals surface area contributed by atoms with Gasteiger partial charge in [0, 0.05) is 86.7 Å². The van der Waals surface area contributed by atoms with E-state index < -0.39 is 28.9 Å². The standard InChI is InChI=1S/C27H29F2N7.C16H13ClF2N4.C15H24N4O2/c1-27(2)9-8-23-33-25-19(28)12-18(13-21(25)36(23)27)24-20(29)15-31-26(34-24)32-22-7-6-17(14-30-22)16-35-10-4-3-5-11-35;1-16(2)4-3-12-21-14-9(18)5-8(6-11(14)23(12)16)13-10(19)7-20-15(17)22-13;1-15(2,3)21-14(20)19-8-6-18(7-9-19)11-12-4-5-13(16)17-10-12/h6-7,12-15H,3-5,8-11,16H2,1-2H3,(H,30,31,32,34);5-7H,3-4H2,1-2H3;4-5,10H,6-9,11H2,1-3H3,(H2,16,17). The number of imidazole rings is 2. The number of aromatic nitrogens is 10. The van der Waals surface area contributed by atoms with E-state index in [9.17, 15) is 18.0 Å². The third-order valence-electron chi connectivity index (χ3n) is 14.9. The first kappa shape index (κ1) is 55.9. The van der Waals surface area contributed by atoms with Crippen LogP contribution in [0.3, 0.4) is 0 Å². The zero-order chi connectivity index (χ0) is 56.7. The molecule has 6 aromatic heterocycles. The first-order chi connectivity index (χ1) is 38.1. The van der Waals surface area contributed by atoms with Gasteiger partial charge in [-0.1, -0.05) is 18.6 Å². The van der Waals surface area contributed by atoms with Crippen molar-refractivity contribution in [2.45, 2.75) is 123 Å². The van der Waals surface area contributed by atoms with Crippen LogP contribution in [0.1, 0.15) is 103 Å². The van der Waals surface area contributed by atoms with Crippen LogP contribution < -0.4 is 11.1 Å². The second kappa shape index (κ2) is 22.6. The maximum absolute atomic E-state index is 15.1. The van der Waals surface area contributed by atoms with E-state index in [1.807, 2.05) is 55.8 Å². The minimum absolute atomic E-state index is 0.0165. The minimum Gasteiger partial charge on any atom is -0.444 e. The van der Waals surface area contributed by atoms with E-state index in [4.69, 9.17) is 22.1 Å². The molecule has 80 heavy (non-hydrogen) atoms. The van der Waals surface area contributed by atoms with Gasteiger partial charge in [-0.2, -0.15) is 0 Å². The van der Waals surface area contributed by atoms with E-state index in [1.54, 1.807) is 23.2 Å². The van der Waals surface area contributed by atoms with E-state index in [0.29, 0.717) is 57.9 Å². The van der Waals surface area contributed by atoms with Gasteiger partial charge in [-0.25, -0.2) is 62.2 Å². The predicted molar refractivity (Wildman–Crippen MR) is 300 cm³/mol. The first-order valence-corrected chi connectivity index (χ1v) is 27.4. The molecular formula is C58H66ClF4N15O2. The van der Waals surface area contributed by atoms with Gasteiger partial charge in [-0.3, -0.25) is 9.80 Å². The van der Waals surface area contributed by atoms with Crippen molar-refractivity contribution in [3.63, 3.8) is 0 Å². The molecule has 2 fully saturated rings. The van der Waals surface area contributed by atoms with Crippen LogP contribution in [-0.4, -0.2) is 115 Å². The quantitative estimate of drug-likeness (QED) is 0.108. The Morgan fingerprint density at radius 1 is 0.637 bits per heavy atom. The van der Waals surface area contributed by atoms with Gasteiger partial charge in [-0.05, 0) is 146 Å². The van der Waals surface area contributed by atoms with Crippen LogP contribution in [0.5, 0.6) is 0 Å². The summed E-state index contributed by atoms with van der Waals surface area (Å²) in [6.07, 6.45) is 12.7. The molecule has 0 aliphatic carbocycles. The highest BCUT2D eigenvalue weighted by Gasteiger charge is 2.35. The third-order valence-corrected chi connectivity index (χ3v) is 15.1. The molecule has 17 nitrogen and oxygen atoms in total. The van der Waals surface area contributed by atoms with Crippen LogP contribution in [0.15, 0.2) is 73.3 Å². The van der Waals surface area contributed by atoms with Crippen LogP contribution >= 0.6 is 11.6 Å². The van der Waals surface area contributed by atoms with Crippen molar-refractivity contribution < 1.29 is 27.1 Å². The van der Waals surface area contributed by atoms with E-state index in [1.165, 1.54) is 31.4 Å². The number of anilines is 3. The Morgan fingerprint density at radius 2 is 1.16 bits per heavy atom. The van der Waals surface area contributed by atoms with Crippen molar-refractivity contribution in [3.05, 3.63) is 125 Å². The van der Waals surface area contributed by atoms with Crippen molar-refractivity contribution in [2.24, 2.45) is 0 Å². The van der Waals surface area contributed by atoms with Crippen molar-refractivity contribution >= 4 is 57.3 Å². The lowest BCUT2D eigenvalue weighted by Crippen LogP contribution is -2.49. The zero-order valence-corrected chi connectivity index (χ0v) is 46.9.